The minimum absolute atomic E-state index is 0.242. The number of piperidine rings is 1. The van der Waals surface area contributed by atoms with Crippen LogP contribution in [0.2, 0.25) is 0 Å². The summed E-state index contributed by atoms with van der Waals surface area (Å²) >= 11 is 0. The van der Waals surface area contributed by atoms with Crippen molar-refractivity contribution in [2.45, 2.75) is 56.6 Å². The second-order valence-electron chi connectivity index (χ2n) is 4.18. The Bertz CT molecular complexity index is 188. The fraction of sp³-hybridized carbons (Fsp3) is 1.00. The van der Waals surface area contributed by atoms with Crippen molar-refractivity contribution in [2.75, 3.05) is 6.61 Å². The first-order chi connectivity index (χ1) is 7.11. The van der Waals surface area contributed by atoms with Crippen molar-refractivity contribution < 1.29 is 20.4 Å². The molecule has 0 aromatic rings. The van der Waals surface area contributed by atoms with Crippen molar-refractivity contribution in [1.82, 2.24) is 5.32 Å². The SMILES string of the molecule is CCCC[C@@H]1N[C@H](CO)[C@H](O)[C@H](O)[C@H]1O. The molecule has 0 unspecified atom stereocenters. The topological polar surface area (TPSA) is 93.0 Å². The monoisotopic (exact) mass is 219 g/mol. The molecule has 0 bridgehead atoms. The molecule has 1 heterocycles. The van der Waals surface area contributed by atoms with E-state index in [-0.39, 0.29) is 12.6 Å². The summed E-state index contributed by atoms with van der Waals surface area (Å²) in [6.07, 6.45) is -0.566. The molecular weight excluding hydrogens is 198 g/mol. The van der Waals surface area contributed by atoms with Crippen LogP contribution in [0.15, 0.2) is 0 Å². The van der Waals surface area contributed by atoms with Gasteiger partial charge in [-0.3, -0.25) is 0 Å². The van der Waals surface area contributed by atoms with Crippen molar-refractivity contribution in [3.8, 4) is 0 Å². The van der Waals surface area contributed by atoms with Crippen LogP contribution in [0.5, 0.6) is 0 Å². The Hall–Kier alpha value is -0.200. The van der Waals surface area contributed by atoms with Gasteiger partial charge >= 0.3 is 0 Å². The summed E-state index contributed by atoms with van der Waals surface area (Å²) in [7, 11) is 0. The quantitative estimate of drug-likeness (QED) is 0.401. The number of aliphatic hydroxyl groups is 4. The summed E-state index contributed by atoms with van der Waals surface area (Å²) in [5.74, 6) is 0. The van der Waals surface area contributed by atoms with E-state index in [4.69, 9.17) is 5.11 Å². The Morgan fingerprint density at radius 3 is 2.13 bits per heavy atom. The van der Waals surface area contributed by atoms with Crippen molar-refractivity contribution in [3.63, 3.8) is 0 Å². The second-order valence-corrected chi connectivity index (χ2v) is 4.18. The zero-order valence-electron chi connectivity index (χ0n) is 9.00. The summed E-state index contributed by atoms with van der Waals surface area (Å²) in [5.41, 5.74) is 0. The first-order valence-corrected chi connectivity index (χ1v) is 5.53. The molecule has 1 aliphatic heterocycles. The molecule has 15 heavy (non-hydrogen) atoms. The highest BCUT2D eigenvalue weighted by atomic mass is 16.4. The Labute approximate surface area is 89.7 Å². The van der Waals surface area contributed by atoms with Crippen molar-refractivity contribution >= 4 is 0 Å². The Kier molecular flexibility index (Phi) is 4.95. The zero-order chi connectivity index (χ0) is 11.4. The molecule has 1 aliphatic rings. The largest absolute Gasteiger partial charge is 0.395 e. The van der Waals surface area contributed by atoms with E-state index in [9.17, 15) is 15.3 Å². The van der Waals surface area contributed by atoms with Gasteiger partial charge in [0.1, 0.15) is 6.10 Å². The van der Waals surface area contributed by atoms with E-state index < -0.39 is 24.4 Å². The normalized spacial score (nSPS) is 41.8. The molecule has 1 rings (SSSR count). The predicted molar refractivity (Wildman–Crippen MR) is 55.3 cm³/mol. The maximum atomic E-state index is 9.69. The molecule has 90 valence electrons. The van der Waals surface area contributed by atoms with Gasteiger partial charge in [0.15, 0.2) is 0 Å². The van der Waals surface area contributed by atoms with Gasteiger partial charge in [-0.1, -0.05) is 19.8 Å². The lowest BCUT2D eigenvalue weighted by molar-refractivity contribution is -0.120. The van der Waals surface area contributed by atoms with Crippen LogP contribution in [0.1, 0.15) is 26.2 Å². The van der Waals surface area contributed by atoms with E-state index >= 15 is 0 Å². The maximum Gasteiger partial charge on any atom is 0.109 e. The third-order valence-corrected chi connectivity index (χ3v) is 3.02. The molecule has 0 aromatic carbocycles. The summed E-state index contributed by atoms with van der Waals surface area (Å²) in [4.78, 5) is 0. The first kappa shape index (κ1) is 12.9. The third kappa shape index (κ3) is 2.89. The third-order valence-electron chi connectivity index (χ3n) is 3.02. The maximum absolute atomic E-state index is 9.69. The molecule has 0 spiro atoms. The molecule has 1 fully saturated rings. The highest BCUT2D eigenvalue weighted by Gasteiger charge is 2.41. The highest BCUT2D eigenvalue weighted by Crippen LogP contribution is 2.18. The van der Waals surface area contributed by atoms with Crippen molar-refractivity contribution in [3.05, 3.63) is 0 Å². The van der Waals surface area contributed by atoms with Crippen LogP contribution in [-0.4, -0.2) is 57.4 Å². The fourth-order valence-corrected chi connectivity index (χ4v) is 1.99. The summed E-state index contributed by atoms with van der Waals surface area (Å²) in [6.45, 7) is 1.80. The van der Waals surface area contributed by atoms with Crippen molar-refractivity contribution in [1.29, 1.82) is 0 Å². The van der Waals surface area contributed by atoms with Gasteiger partial charge in [-0.15, -0.1) is 0 Å². The lowest BCUT2D eigenvalue weighted by Gasteiger charge is -2.41. The van der Waals surface area contributed by atoms with Crippen LogP contribution < -0.4 is 5.32 Å². The van der Waals surface area contributed by atoms with Gasteiger partial charge in [0, 0.05) is 6.04 Å². The van der Waals surface area contributed by atoms with E-state index in [0.717, 1.165) is 19.3 Å². The Morgan fingerprint density at radius 2 is 1.60 bits per heavy atom. The lowest BCUT2D eigenvalue weighted by Crippen LogP contribution is -2.65. The van der Waals surface area contributed by atoms with Crippen LogP contribution in [0.25, 0.3) is 0 Å². The molecular formula is C10H21NO4. The highest BCUT2D eigenvalue weighted by molar-refractivity contribution is 4.97. The molecule has 0 aromatic heterocycles. The predicted octanol–water partition coefficient (Wildman–Crippen LogP) is -1.41. The molecule has 5 atom stereocenters. The van der Waals surface area contributed by atoms with E-state index in [1.807, 2.05) is 6.92 Å². The number of aliphatic hydroxyl groups excluding tert-OH is 4. The molecule has 0 aliphatic carbocycles. The zero-order valence-corrected chi connectivity index (χ0v) is 9.00. The molecule has 5 N–H and O–H groups in total. The van der Waals surface area contributed by atoms with Gasteiger partial charge in [0.2, 0.25) is 0 Å². The number of nitrogens with one attached hydrogen (secondary N) is 1. The van der Waals surface area contributed by atoms with E-state index in [1.54, 1.807) is 0 Å². The van der Waals surface area contributed by atoms with Gasteiger partial charge in [-0.25, -0.2) is 0 Å². The van der Waals surface area contributed by atoms with Crippen LogP contribution in [-0.2, 0) is 0 Å². The van der Waals surface area contributed by atoms with Crippen LogP contribution in [0.3, 0.4) is 0 Å². The second kappa shape index (κ2) is 5.77. The number of hydrogen-bond donors (Lipinski definition) is 5. The number of rotatable bonds is 4. The van der Waals surface area contributed by atoms with Gasteiger partial charge in [-0.05, 0) is 6.42 Å². The molecule has 5 nitrogen and oxygen atoms in total. The minimum atomic E-state index is -1.18. The summed E-state index contributed by atoms with van der Waals surface area (Å²) in [5, 5.41) is 40.7. The Morgan fingerprint density at radius 1 is 1.00 bits per heavy atom. The van der Waals surface area contributed by atoms with Crippen LogP contribution in [0.4, 0.5) is 0 Å². The smallest absolute Gasteiger partial charge is 0.109 e. The standard InChI is InChI=1S/C10H21NO4/c1-2-3-4-6-8(13)10(15)9(14)7(5-12)11-6/h6-15H,2-5H2,1H3/t6-,7+,8-,9-,10+/m0/s1. The minimum Gasteiger partial charge on any atom is -0.395 e. The first-order valence-electron chi connectivity index (χ1n) is 5.53. The van der Waals surface area contributed by atoms with E-state index in [1.165, 1.54) is 0 Å². The molecule has 1 saturated heterocycles. The van der Waals surface area contributed by atoms with Crippen LogP contribution in [0, 0.1) is 0 Å². The van der Waals surface area contributed by atoms with Gasteiger partial charge in [-0.2, -0.15) is 0 Å². The lowest BCUT2D eigenvalue weighted by atomic mass is 9.88. The summed E-state index contributed by atoms with van der Waals surface area (Å²) < 4.78 is 0. The average Bonchev–Trinajstić information content (AvgIpc) is 2.25. The number of unbranched alkanes of at least 4 members (excludes halogenated alkanes) is 1. The van der Waals surface area contributed by atoms with Crippen LogP contribution >= 0.6 is 0 Å². The van der Waals surface area contributed by atoms with E-state index in [2.05, 4.69) is 5.32 Å². The van der Waals surface area contributed by atoms with Gasteiger partial charge in [0.25, 0.3) is 0 Å². The van der Waals surface area contributed by atoms with Gasteiger partial charge in [0.05, 0.1) is 24.9 Å². The number of hydrogen-bond acceptors (Lipinski definition) is 5. The molecule has 0 radical (unpaired) electrons. The molecule has 0 saturated carbocycles. The van der Waals surface area contributed by atoms with Crippen molar-refractivity contribution in [2.24, 2.45) is 0 Å². The fourth-order valence-electron chi connectivity index (χ4n) is 1.99. The molecule has 5 heteroatoms. The van der Waals surface area contributed by atoms with Gasteiger partial charge < -0.3 is 25.7 Å². The molecule has 0 amide bonds. The summed E-state index contributed by atoms with van der Waals surface area (Å²) in [6, 6.07) is -0.800. The Balaban J connectivity index is 2.57. The average molecular weight is 219 g/mol. The van der Waals surface area contributed by atoms with E-state index in [0.29, 0.717) is 0 Å².